The van der Waals surface area contributed by atoms with E-state index >= 15 is 0 Å². The first kappa shape index (κ1) is 38.2. The van der Waals surface area contributed by atoms with Gasteiger partial charge in [-0.25, -0.2) is 0 Å². The number of rotatable bonds is 19. The molecule has 0 aromatic heterocycles. The van der Waals surface area contributed by atoms with Gasteiger partial charge >= 0.3 is 0 Å². The van der Waals surface area contributed by atoms with Gasteiger partial charge in [-0.15, -0.1) is 0 Å². The first-order valence-corrected chi connectivity index (χ1v) is 16.6. The fraction of sp³-hybridized carbons (Fsp3) is 1.00. The van der Waals surface area contributed by atoms with Crippen LogP contribution in [0.4, 0.5) is 0 Å². The molecule has 0 spiro atoms. The Morgan fingerprint density at radius 1 is 0.605 bits per heavy atom. The molecule has 0 aromatic carbocycles. The van der Waals surface area contributed by atoms with Crippen LogP contribution < -0.4 is 17.2 Å². The fourth-order valence-corrected chi connectivity index (χ4v) is 6.51. The van der Waals surface area contributed by atoms with Crippen LogP contribution in [0.15, 0.2) is 0 Å². The van der Waals surface area contributed by atoms with Gasteiger partial charge in [-0.3, -0.25) is 0 Å². The van der Waals surface area contributed by atoms with Gasteiger partial charge in [0.25, 0.3) is 0 Å². The summed E-state index contributed by atoms with van der Waals surface area (Å²) in [6.07, 6.45) is 3.86. The van der Waals surface area contributed by atoms with Gasteiger partial charge in [-0.05, 0) is 124 Å². The molecule has 0 saturated carbocycles. The van der Waals surface area contributed by atoms with Gasteiger partial charge in [0, 0.05) is 24.8 Å². The highest BCUT2D eigenvalue weighted by Crippen LogP contribution is 2.50. The molecular formula is C31H68N3O3P. The van der Waals surface area contributed by atoms with Crippen LogP contribution in [0, 0.1) is 23.2 Å². The second-order valence-electron chi connectivity index (χ2n) is 15.6. The Hall–Kier alpha value is 0.190. The molecule has 0 rings (SSSR count). The van der Waals surface area contributed by atoms with Crippen molar-refractivity contribution in [2.75, 3.05) is 32.6 Å². The van der Waals surface area contributed by atoms with E-state index in [2.05, 4.69) is 104 Å². The third-order valence-electron chi connectivity index (χ3n) is 8.71. The number of hydrogen-bond acceptors (Lipinski definition) is 6. The smallest absolute Gasteiger partial charge is 0.0632 e. The molecule has 4 atom stereocenters. The number of hydrogen-bond donors (Lipinski definition) is 3. The third kappa shape index (κ3) is 14.7. The van der Waals surface area contributed by atoms with Crippen LogP contribution in [0.1, 0.15) is 116 Å². The SMILES string of the molecule is CCC(CP(C)OCC(C)C(C)(C)N)(CC(C)(C)OCC(C)C(C)(C)N)CC(C)(C)OCC(C)C(C)(C)N. The highest BCUT2D eigenvalue weighted by Gasteiger charge is 2.42. The highest BCUT2D eigenvalue weighted by atomic mass is 31.1. The monoisotopic (exact) mass is 561 g/mol. The van der Waals surface area contributed by atoms with E-state index in [9.17, 15) is 0 Å². The molecule has 0 radical (unpaired) electrons. The zero-order valence-electron chi connectivity index (χ0n) is 28.1. The van der Waals surface area contributed by atoms with Crippen LogP contribution in [-0.2, 0) is 14.0 Å². The van der Waals surface area contributed by atoms with E-state index in [1.54, 1.807) is 0 Å². The van der Waals surface area contributed by atoms with E-state index in [1.165, 1.54) is 0 Å². The quantitative estimate of drug-likeness (QED) is 0.148. The molecule has 0 aliphatic rings. The largest absolute Gasteiger partial charge is 0.375 e. The fourth-order valence-electron chi connectivity index (χ4n) is 4.55. The Bertz CT molecular complexity index is 639. The van der Waals surface area contributed by atoms with Crippen molar-refractivity contribution in [1.82, 2.24) is 0 Å². The van der Waals surface area contributed by atoms with Gasteiger partial charge in [0.15, 0.2) is 0 Å². The molecule has 0 fully saturated rings. The minimum atomic E-state index is -0.647. The Morgan fingerprint density at radius 2 is 0.921 bits per heavy atom. The van der Waals surface area contributed by atoms with Crippen molar-refractivity contribution in [1.29, 1.82) is 0 Å². The van der Waals surface area contributed by atoms with E-state index < -0.39 is 8.15 Å². The summed E-state index contributed by atoms with van der Waals surface area (Å²) in [7, 11) is -0.647. The number of ether oxygens (including phenoxy) is 2. The normalized spacial score (nSPS) is 19.1. The summed E-state index contributed by atoms with van der Waals surface area (Å²) in [5, 5.41) is 0. The molecule has 38 heavy (non-hydrogen) atoms. The van der Waals surface area contributed by atoms with Crippen LogP contribution in [0.5, 0.6) is 0 Å². The molecule has 0 aromatic rings. The maximum absolute atomic E-state index is 6.57. The van der Waals surface area contributed by atoms with Gasteiger partial charge in [0.2, 0.25) is 0 Å². The Balaban J connectivity index is 5.85. The van der Waals surface area contributed by atoms with Crippen molar-refractivity contribution >= 4 is 8.15 Å². The van der Waals surface area contributed by atoms with Gasteiger partial charge in [0.1, 0.15) is 0 Å². The lowest BCUT2D eigenvalue weighted by Crippen LogP contribution is -2.46. The van der Waals surface area contributed by atoms with E-state index in [4.69, 9.17) is 31.2 Å². The molecule has 0 aliphatic heterocycles. The standard InChI is InChI=1S/C31H68N3O3P/c1-16-31(22-38(15)37-19-25(4)30(13,14)34,20-26(5,6)35-17-23(2)28(9,10)32)21-27(7,8)36-18-24(3)29(11,12)33/h23-25H,16-22,32-34H2,1-15H3. The minimum absolute atomic E-state index is 0.00212. The highest BCUT2D eigenvalue weighted by molar-refractivity contribution is 7.51. The lowest BCUT2D eigenvalue weighted by atomic mass is 9.71. The molecule has 6 N–H and O–H groups in total. The lowest BCUT2D eigenvalue weighted by Gasteiger charge is -2.46. The van der Waals surface area contributed by atoms with E-state index in [0.717, 1.165) is 25.4 Å². The molecule has 6 nitrogen and oxygen atoms in total. The van der Waals surface area contributed by atoms with Gasteiger partial charge in [-0.2, -0.15) is 0 Å². The van der Waals surface area contributed by atoms with Gasteiger partial charge in [0.05, 0.1) is 31.0 Å². The van der Waals surface area contributed by atoms with Gasteiger partial charge in [-0.1, -0.05) is 27.7 Å². The molecule has 0 aliphatic carbocycles. The summed E-state index contributed by atoms with van der Waals surface area (Å²) < 4.78 is 19.6. The van der Waals surface area contributed by atoms with E-state index in [-0.39, 0.29) is 51.0 Å². The van der Waals surface area contributed by atoms with Crippen molar-refractivity contribution in [3.05, 3.63) is 0 Å². The predicted octanol–water partition coefficient (Wildman–Crippen LogP) is 6.92. The summed E-state index contributed by atoms with van der Waals surface area (Å²) in [6.45, 7) is 34.3. The summed E-state index contributed by atoms with van der Waals surface area (Å²) in [4.78, 5) is 0. The second-order valence-corrected chi connectivity index (χ2v) is 17.4. The van der Waals surface area contributed by atoms with Crippen molar-refractivity contribution in [2.45, 2.75) is 144 Å². The molecule has 0 heterocycles. The Kier molecular flexibility index (Phi) is 14.5. The predicted molar refractivity (Wildman–Crippen MR) is 168 cm³/mol. The van der Waals surface area contributed by atoms with Crippen molar-refractivity contribution in [3.8, 4) is 0 Å². The molecule has 0 bridgehead atoms. The lowest BCUT2D eigenvalue weighted by molar-refractivity contribution is -0.0989. The van der Waals surface area contributed by atoms with Crippen molar-refractivity contribution in [3.63, 3.8) is 0 Å². The van der Waals surface area contributed by atoms with Crippen LogP contribution >= 0.6 is 8.15 Å². The average Bonchev–Trinajstić information content (AvgIpc) is 2.71. The molecule has 7 heteroatoms. The zero-order chi connectivity index (χ0) is 30.4. The summed E-state index contributed by atoms with van der Waals surface area (Å²) in [5.41, 5.74) is 17.6. The van der Waals surface area contributed by atoms with Crippen molar-refractivity contribution in [2.24, 2.45) is 40.4 Å². The van der Waals surface area contributed by atoms with Crippen LogP contribution in [0.3, 0.4) is 0 Å². The molecule has 230 valence electrons. The maximum Gasteiger partial charge on any atom is 0.0632 e. The average molecular weight is 562 g/mol. The minimum Gasteiger partial charge on any atom is -0.375 e. The van der Waals surface area contributed by atoms with Crippen LogP contribution in [0.25, 0.3) is 0 Å². The topological polar surface area (TPSA) is 106 Å². The Labute approximate surface area is 239 Å². The molecular weight excluding hydrogens is 493 g/mol. The van der Waals surface area contributed by atoms with Crippen LogP contribution in [0.2, 0.25) is 0 Å². The van der Waals surface area contributed by atoms with Crippen molar-refractivity contribution < 1.29 is 14.0 Å². The molecule has 0 saturated heterocycles. The summed E-state index contributed by atoms with van der Waals surface area (Å²) >= 11 is 0. The Morgan fingerprint density at radius 3 is 1.21 bits per heavy atom. The van der Waals surface area contributed by atoms with Gasteiger partial charge < -0.3 is 31.2 Å². The third-order valence-corrected chi connectivity index (χ3v) is 10.4. The first-order chi connectivity index (χ1) is 16.8. The van der Waals surface area contributed by atoms with E-state index in [0.29, 0.717) is 19.8 Å². The van der Waals surface area contributed by atoms with Crippen LogP contribution in [-0.4, -0.2) is 60.5 Å². The number of nitrogens with two attached hydrogens (primary N) is 3. The second kappa shape index (κ2) is 14.4. The first-order valence-electron chi connectivity index (χ1n) is 14.7. The molecule has 4 unspecified atom stereocenters. The maximum atomic E-state index is 6.57. The summed E-state index contributed by atoms with van der Waals surface area (Å²) in [6, 6.07) is 0. The summed E-state index contributed by atoms with van der Waals surface area (Å²) in [5.74, 6) is 0.795. The zero-order valence-corrected chi connectivity index (χ0v) is 29.0. The molecule has 0 amide bonds. The van der Waals surface area contributed by atoms with E-state index in [1.807, 2.05) is 0 Å².